The zero-order chi connectivity index (χ0) is 17.5. The molecule has 0 aliphatic heterocycles. The van der Waals surface area contributed by atoms with Gasteiger partial charge < -0.3 is 10.6 Å². The van der Waals surface area contributed by atoms with E-state index < -0.39 is 0 Å². The first-order chi connectivity index (χ1) is 11.5. The zero-order valence-corrected chi connectivity index (χ0v) is 15.5. The summed E-state index contributed by atoms with van der Waals surface area (Å²) in [7, 11) is 0. The highest BCUT2D eigenvalue weighted by molar-refractivity contribution is 8.02. The van der Waals surface area contributed by atoms with Gasteiger partial charge in [-0.2, -0.15) is 0 Å². The van der Waals surface area contributed by atoms with Crippen molar-refractivity contribution in [2.45, 2.75) is 36.8 Å². The number of carbonyl (C=O) groups is 2. The van der Waals surface area contributed by atoms with E-state index in [0.29, 0.717) is 11.3 Å². The summed E-state index contributed by atoms with van der Waals surface area (Å²) in [6, 6.07) is 6.85. The van der Waals surface area contributed by atoms with Gasteiger partial charge in [-0.3, -0.25) is 9.59 Å². The Balaban J connectivity index is 1.89. The van der Waals surface area contributed by atoms with E-state index in [1.165, 1.54) is 30.0 Å². The number of Topliss-reactive ketones (excluding diaryl/α,β-unsaturated/α-hetero) is 1. The molecule has 2 aromatic rings. The van der Waals surface area contributed by atoms with Crippen molar-refractivity contribution >= 4 is 45.6 Å². The molecule has 0 unspecified atom stereocenters. The molecule has 0 spiro atoms. The molecule has 8 heteroatoms. The van der Waals surface area contributed by atoms with Crippen LogP contribution in [0.5, 0.6) is 0 Å². The molecule has 0 saturated heterocycles. The van der Waals surface area contributed by atoms with E-state index in [1.807, 2.05) is 6.92 Å². The number of rotatable bonds is 8. The van der Waals surface area contributed by atoms with Crippen LogP contribution in [0.2, 0.25) is 0 Å². The summed E-state index contributed by atoms with van der Waals surface area (Å²) >= 11 is 2.81. The molecule has 0 saturated carbocycles. The molecule has 6 nitrogen and oxygen atoms in total. The standard InChI is InChI=1S/C16H20N4O2S2/c1-4-9-17-15-19-20-16(24-15)23-11(3)14(22)18-13-7-5-12(6-8-13)10(2)21/h5-8,11H,4,9H2,1-3H3,(H,17,19)(H,18,22)/t11-/m0/s1. The van der Waals surface area contributed by atoms with Gasteiger partial charge in [-0.1, -0.05) is 30.0 Å². The van der Waals surface area contributed by atoms with Crippen LogP contribution in [0.4, 0.5) is 10.8 Å². The lowest BCUT2D eigenvalue weighted by molar-refractivity contribution is -0.115. The van der Waals surface area contributed by atoms with Crippen molar-refractivity contribution in [2.75, 3.05) is 17.2 Å². The van der Waals surface area contributed by atoms with Crippen molar-refractivity contribution in [2.24, 2.45) is 0 Å². The first-order valence-electron chi connectivity index (χ1n) is 7.65. The molecule has 1 aromatic heterocycles. The number of aromatic nitrogens is 2. The molecule has 1 atom stereocenters. The monoisotopic (exact) mass is 364 g/mol. The summed E-state index contributed by atoms with van der Waals surface area (Å²) < 4.78 is 0.753. The zero-order valence-electron chi connectivity index (χ0n) is 13.8. The van der Waals surface area contributed by atoms with Gasteiger partial charge in [0.1, 0.15) is 0 Å². The number of anilines is 2. The Labute approximate surface area is 149 Å². The number of hydrogen-bond donors (Lipinski definition) is 2. The highest BCUT2D eigenvalue weighted by Crippen LogP contribution is 2.29. The molecule has 1 heterocycles. The van der Waals surface area contributed by atoms with E-state index in [4.69, 9.17) is 0 Å². The van der Waals surface area contributed by atoms with Crippen LogP contribution in [-0.2, 0) is 4.79 Å². The lowest BCUT2D eigenvalue weighted by atomic mass is 10.1. The normalized spacial score (nSPS) is 11.8. The van der Waals surface area contributed by atoms with Crippen LogP contribution < -0.4 is 10.6 Å². The maximum atomic E-state index is 12.3. The van der Waals surface area contributed by atoms with Crippen molar-refractivity contribution in [3.63, 3.8) is 0 Å². The molecule has 24 heavy (non-hydrogen) atoms. The van der Waals surface area contributed by atoms with Gasteiger partial charge in [0.25, 0.3) is 0 Å². The highest BCUT2D eigenvalue weighted by atomic mass is 32.2. The van der Waals surface area contributed by atoms with Crippen molar-refractivity contribution in [1.82, 2.24) is 10.2 Å². The fourth-order valence-corrected chi connectivity index (χ4v) is 3.72. The largest absolute Gasteiger partial charge is 0.360 e. The van der Waals surface area contributed by atoms with E-state index in [1.54, 1.807) is 24.3 Å². The lowest BCUT2D eigenvalue weighted by Gasteiger charge is -2.10. The molecule has 1 amide bonds. The van der Waals surface area contributed by atoms with Crippen molar-refractivity contribution in [3.8, 4) is 0 Å². The molecule has 1 aromatic carbocycles. The van der Waals surface area contributed by atoms with Gasteiger partial charge in [0.15, 0.2) is 10.1 Å². The van der Waals surface area contributed by atoms with E-state index in [-0.39, 0.29) is 16.9 Å². The molecule has 0 aliphatic carbocycles. The number of hydrogen-bond acceptors (Lipinski definition) is 7. The van der Waals surface area contributed by atoms with E-state index in [2.05, 4.69) is 27.8 Å². The average Bonchev–Trinajstić information content (AvgIpc) is 3.00. The summed E-state index contributed by atoms with van der Waals surface area (Å²) in [6.07, 6.45) is 1.02. The lowest BCUT2D eigenvalue weighted by Crippen LogP contribution is -2.22. The van der Waals surface area contributed by atoms with Gasteiger partial charge in [-0.05, 0) is 44.5 Å². The van der Waals surface area contributed by atoms with E-state index in [0.717, 1.165) is 22.4 Å². The smallest absolute Gasteiger partial charge is 0.237 e. The molecule has 2 rings (SSSR count). The Hall–Kier alpha value is -1.93. The Morgan fingerprint density at radius 2 is 1.96 bits per heavy atom. The van der Waals surface area contributed by atoms with Crippen LogP contribution in [0.25, 0.3) is 0 Å². The minimum atomic E-state index is -0.301. The molecule has 128 valence electrons. The van der Waals surface area contributed by atoms with Gasteiger partial charge in [-0.25, -0.2) is 0 Å². The highest BCUT2D eigenvalue weighted by Gasteiger charge is 2.17. The van der Waals surface area contributed by atoms with Crippen LogP contribution in [0.3, 0.4) is 0 Å². The second kappa shape index (κ2) is 8.79. The third-order valence-electron chi connectivity index (χ3n) is 3.14. The second-order valence-corrected chi connectivity index (χ2v) is 7.75. The third-order valence-corrected chi connectivity index (χ3v) is 5.20. The Morgan fingerprint density at radius 1 is 1.25 bits per heavy atom. The number of amides is 1. The Kier molecular flexibility index (Phi) is 6.74. The number of thioether (sulfide) groups is 1. The molecule has 0 radical (unpaired) electrons. The average molecular weight is 364 g/mol. The van der Waals surface area contributed by atoms with E-state index >= 15 is 0 Å². The van der Waals surface area contributed by atoms with E-state index in [9.17, 15) is 9.59 Å². The van der Waals surface area contributed by atoms with Gasteiger partial charge in [0, 0.05) is 17.8 Å². The van der Waals surface area contributed by atoms with Crippen LogP contribution >= 0.6 is 23.1 Å². The minimum absolute atomic E-state index is 0.000515. The number of nitrogens with one attached hydrogen (secondary N) is 2. The Bertz CT molecular complexity index is 700. The first-order valence-corrected chi connectivity index (χ1v) is 9.35. The van der Waals surface area contributed by atoms with Gasteiger partial charge in [-0.15, -0.1) is 10.2 Å². The maximum absolute atomic E-state index is 12.3. The number of nitrogens with zero attached hydrogens (tertiary/aromatic N) is 2. The van der Waals surface area contributed by atoms with Crippen LogP contribution in [0.1, 0.15) is 37.6 Å². The van der Waals surface area contributed by atoms with Crippen LogP contribution in [0.15, 0.2) is 28.6 Å². The number of benzene rings is 1. The summed E-state index contributed by atoms with van der Waals surface area (Å²) in [5.74, 6) is -0.116. The summed E-state index contributed by atoms with van der Waals surface area (Å²) in [4.78, 5) is 23.5. The summed E-state index contributed by atoms with van der Waals surface area (Å²) in [6.45, 7) is 6.27. The third kappa shape index (κ3) is 5.31. The molecule has 0 bridgehead atoms. The van der Waals surface area contributed by atoms with Crippen molar-refractivity contribution in [1.29, 1.82) is 0 Å². The Morgan fingerprint density at radius 3 is 2.58 bits per heavy atom. The number of ketones is 1. The summed E-state index contributed by atoms with van der Waals surface area (Å²) in [5.41, 5.74) is 1.29. The van der Waals surface area contributed by atoms with Crippen LogP contribution in [-0.4, -0.2) is 33.7 Å². The van der Waals surface area contributed by atoms with Gasteiger partial charge in [0.2, 0.25) is 11.0 Å². The summed E-state index contributed by atoms with van der Waals surface area (Å²) in [5, 5.41) is 14.6. The van der Waals surface area contributed by atoms with Crippen molar-refractivity contribution in [3.05, 3.63) is 29.8 Å². The second-order valence-electron chi connectivity index (χ2n) is 5.18. The van der Waals surface area contributed by atoms with Gasteiger partial charge in [0.05, 0.1) is 5.25 Å². The predicted octanol–water partition coefficient (Wildman–Crippen LogP) is 3.68. The molecule has 0 aliphatic rings. The fraction of sp³-hybridized carbons (Fsp3) is 0.375. The molecular formula is C16H20N4O2S2. The SMILES string of the molecule is CCCNc1nnc(S[C@@H](C)C(=O)Nc2ccc(C(C)=O)cc2)s1. The van der Waals surface area contributed by atoms with Crippen LogP contribution in [0, 0.1) is 0 Å². The first kappa shape index (κ1) is 18.4. The minimum Gasteiger partial charge on any atom is -0.360 e. The molecule has 0 fully saturated rings. The topological polar surface area (TPSA) is 84.0 Å². The maximum Gasteiger partial charge on any atom is 0.237 e. The fourth-order valence-electron chi connectivity index (χ4n) is 1.80. The molecular weight excluding hydrogens is 344 g/mol. The predicted molar refractivity (Wildman–Crippen MR) is 99.1 cm³/mol. The molecule has 2 N–H and O–H groups in total. The van der Waals surface area contributed by atoms with Crippen molar-refractivity contribution < 1.29 is 9.59 Å². The van der Waals surface area contributed by atoms with Gasteiger partial charge >= 0.3 is 0 Å². The number of carbonyl (C=O) groups excluding carboxylic acids is 2. The quantitative estimate of drug-likeness (QED) is 0.549.